The Morgan fingerprint density at radius 1 is 1.29 bits per heavy atom. The first kappa shape index (κ1) is 20.2. The molecule has 0 unspecified atom stereocenters. The van der Waals surface area contributed by atoms with Crippen LogP contribution in [0.25, 0.3) is 0 Å². The zero-order valence-corrected chi connectivity index (χ0v) is 16.7. The fourth-order valence-corrected chi connectivity index (χ4v) is 3.91. The molecule has 146 valence electrons. The molecule has 9 heteroatoms. The van der Waals surface area contributed by atoms with E-state index in [9.17, 15) is 14.0 Å². The molecule has 3 rings (SSSR count). The van der Waals surface area contributed by atoms with Crippen LogP contribution in [0.4, 0.5) is 4.39 Å². The van der Waals surface area contributed by atoms with Crippen molar-refractivity contribution in [3.63, 3.8) is 0 Å². The summed E-state index contributed by atoms with van der Waals surface area (Å²) in [6.07, 6.45) is 0. The number of benzene rings is 2. The predicted octanol–water partition coefficient (Wildman–Crippen LogP) is 4.06. The molecule has 28 heavy (non-hydrogen) atoms. The van der Waals surface area contributed by atoms with Crippen molar-refractivity contribution >= 4 is 40.3 Å². The van der Waals surface area contributed by atoms with E-state index in [1.165, 1.54) is 36.7 Å². The van der Waals surface area contributed by atoms with Gasteiger partial charge < -0.3 is 10.1 Å². The lowest BCUT2D eigenvalue weighted by atomic mass is 10.2. The molecule has 6 nitrogen and oxygen atoms in total. The quantitative estimate of drug-likeness (QED) is 0.808. The van der Waals surface area contributed by atoms with Crippen LogP contribution in [0.5, 0.6) is 5.75 Å². The molecule has 1 aliphatic rings. The van der Waals surface area contributed by atoms with E-state index in [0.29, 0.717) is 27.1 Å². The predicted molar refractivity (Wildman–Crippen MR) is 106 cm³/mol. The van der Waals surface area contributed by atoms with Gasteiger partial charge in [0.15, 0.2) is 5.17 Å². The highest BCUT2D eigenvalue weighted by Crippen LogP contribution is 2.41. The minimum atomic E-state index is -0.461. The number of nitrogens with one attached hydrogen (secondary N) is 1. The van der Waals surface area contributed by atoms with E-state index in [1.54, 1.807) is 36.4 Å². The second-order valence-electron chi connectivity index (χ2n) is 5.99. The van der Waals surface area contributed by atoms with Gasteiger partial charge in [0.1, 0.15) is 23.5 Å². The fraction of sp³-hybridized carbons (Fsp3) is 0.211. The Hall–Kier alpha value is -2.58. The summed E-state index contributed by atoms with van der Waals surface area (Å²) in [6, 6.07) is 11.4. The maximum absolute atomic E-state index is 13.7. The Labute approximate surface area is 170 Å². The molecule has 0 radical (unpaired) electrons. The van der Waals surface area contributed by atoms with E-state index < -0.39 is 5.37 Å². The van der Waals surface area contributed by atoms with E-state index in [2.05, 4.69) is 10.4 Å². The van der Waals surface area contributed by atoms with Crippen molar-refractivity contribution in [3.05, 3.63) is 64.4 Å². The molecule has 0 aliphatic carbocycles. The Morgan fingerprint density at radius 2 is 2.04 bits per heavy atom. The molecular formula is C19H17ClFN3O3S. The minimum Gasteiger partial charge on any atom is -0.487 e. The summed E-state index contributed by atoms with van der Waals surface area (Å²) < 4.78 is 19.3. The highest BCUT2D eigenvalue weighted by Gasteiger charge is 2.32. The monoisotopic (exact) mass is 421 g/mol. The molecule has 1 atom stereocenters. The molecule has 2 aromatic rings. The van der Waals surface area contributed by atoms with Gasteiger partial charge in [-0.05, 0) is 23.8 Å². The molecular weight excluding hydrogens is 405 g/mol. The number of amides is 2. The van der Waals surface area contributed by atoms with Gasteiger partial charge in [0.25, 0.3) is 0 Å². The summed E-state index contributed by atoms with van der Waals surface area (Å²) in [5, 5.41) is 8.20. The first-order valence-corrected chi connectivity index (χ1v) is 9.59. The van der Waals surface area contributed by atoms with Crippen LogP contribution in [-0.4, -0.2) is 22.0 Å². The van der Waals surface area contributed by atoms with Crippen LogP contribution in [0.1, 0.15) is 30.3 Å². The maximum Gasteiger partial charge on any atom is 0.241 e. The van der Waals surface area contributed by atoms with Crippen molar-refractivity contribution < 1.29 is 18.7 Å². The number of rotatable bonds is 4. The molecule has 0 bridgehead atoms. The molecule has 0 fully saturated rings. The number of amidine groups is 1. The van der Waals surface area contributed by atoms with Gasteiger partial charge in [-0.15, -0.1) is 5.10 Å². The van der Waals surface area contributed by atoms with Gasteiger partial charge in [-0.25, -0.2) is 9.40 Å². The first-order valence-electron chi connectivity index (χ1n) is 8.33. The number of hydrogen-bond donors (Lipinski definition) is 1. The van der Waals surface area contributed by atoms with Crippen molar-refractivity contribution in [2.45, 2.75) is 25.8 Å². The van der Waals surface area contributed by atoms with Crippen LogP contribution in [0, 0.1) is 5.82 Å². The summed E-state index contributed by atoms with van der Waals surface area (Å²) in [7, 11) is 0. The maximum atomic E-state index is 13.7. The number of hydrogen-bond acceptors (Lipinski definition) is 5. The molecule has 0 aromatic heterocycles. The van der Waals surface area contributed by atoms with Crippen molar-refractivity contribution in [1.29, 1.82) is 0 Å². The van der Waals surface area contributed by atoms with Gasteiger partial charge in [-0.1, -0.05) is 47.6 Å². The zero-order chi connectivity index (χ0) is 20.3. The van der Waals surface area contributed by atoms with E-state index in [-0.39, 0.29) is 24.2 Å². The highest BCUT2D eigenvalue weighted by atomic mass is 35.5. The molecule has 0 saturated carbocycles. The van der Waals surface area contributed by atoms with Gasteiger partial charge in [-0.3, -0.25) is 9.59 Å². The molecule has 1 N–H and O–H groups in total. The average Bonchev–Trinajstić information content (AvgIpc) is 3.05. The van der Waals surface area contributed by atoms with Crippen molar-refractivity contribution in [1.82, 2.24) is 10.3 Å². The topological polar surface area (TPSA) is 71.0 Å². The van der Waals surface area contributed by atoms with E-state index >= 15 is 0 Å². The summed E-state index contributed by atoms with van der Waals surface area (Å²) in [4.78, 5) is 23.2. The summed E-state index contributed by atoms with van der Waals surface area (Å²) >= 11 is 7.55. The van der Waals surface area contributed by atoms with Crippen LogP contribution >= 0.6 is 23.4 Å². The number of carbonyl (C=O) groups excluding carboxylic acids is 2. The van der Waals surface area contributed by atoms with E-state index in [4.69, 9.17) is 16.3 Å². The smallest absolute Gasteiger partial charge is 0.241 e. The third-order valence-corrected chi connectivity index (χ3v) is 5.23. The van der Waals surface area contributed by atoms with Crippen LogP contribution in [0.3, 0.4) is 0 Å². The molecule has 2 amide bonds. The van der Waals surface area contributed by atoms with Crippen LogP contribution in [0.2, 0.25) is 5.02 Å². The van der Waals surface area contributed by atoms with Crippen molar-refractivity contribution in [3.8, 4) is 5.75 Å². The molecule has 0 saturated heterocycles. The lowest BCUT2D eigenvalue weighted by molar-refractivity contribution is -0.129. The standard InChI is InChI=1S/C19H17ClFN3O3S/c1-11(25)22-19-23-24(12(2)26)18(28-19)13-7-8-17(15(20)9-13)27-10-14-5-3-4-6-16(14)21/h3-9,18H,10H2,1-2H3,(H,22,23,25)/t18-/m1/s1. The Balaban J connectivity index is 1.75. The number of hydrazone groups is 1. The molecule has 1 aliphatic heterocycles. The van der Waals surface area contributed by atoms with Crippen LogP contribution in [0.15, 0.2) is 47.6 Å². The lowest BCUT2D eigenvalue weighted by Crippen LogP contribution is -2.25. The fourth-order valence-electron chi connectivity index (χ4n) is 2.54. The second-order valence-corrected chi connectivity index (χ2v) is 7.47. The number of carbonyl (C=O) groups is 2. The largest absolute Gasteiger partial charge is 0.487 e. The number of nitrogens with zero attached hydrogens (tertiary/aromatic N) is 2. The molecule has 2 aromatic carbocycles. The van der Waals surface area contributed by atoms with Gasteiger partial charge >= 0.3 is 0 Å². The average molecular weight is 422 g/mol. The molecule has 0 spiro atoms. The van der Waals surface area contributed by atoms with Gasteiger partial charge in [-0.2, -0.15) is 0 Å². The van der Waals surface area contributed by atoms with Crippen LogP contribution < -0.4 is 10.1 Å². The van der Waals surface area contributed by atoms with Crippen molar-refractivity contribution in [2.24, 2.45) is 5.10 Å². The highest BCUT2D eigenvalue weighted by molar-refractivity contribution is 8.14. The van der Waals surface area contributed by atoms with E-state index in [1.807, 2.05) is 0 Å². The summed E-state index contributed by atoms with van der Waals surface area (Å²) in [5.41, 5.74) is 1.14. The van der Waals surface area contributed by atoms with Gasteiger partial charge in [0, 0.05) is 19.4 Å². The zero-order valence-electron chi connectivity index (χ0n) is 15.1. The Morgan fingerprint density at radius 3 is 2.68 bits per heavy atom. The summed E-state index contributed by atoms with van der Waals surface area (Å²) in [5.74, 6) is -0.495. The van der Waals surface area contributed by atoms with Gasteiger partial charge in [0.2, 0.25) is 11.8 Å². The van der Waals surface area contributed by atoms with Crippen LogP contribution in [-0.2, 0) is 16.2 Å². The third kappa shape index (κ3) is 4.63. The number of thioether (sulfide) groups is 1. The SMILES string of the molecule is CC(=O)NC1=NN(C(C)=O)[C@@H](c2ccc(OCc3ccccc3F)c(Cl)c2)S1. The van der Waals surface area contributed by atoms with E-state index in [0.717, 1.165) is 0 Å². The summed E-state index contributed by atoms with van der Waals surface area (Å²) in [6.45, 7) is 2.80. The third-order valence-electron chi connectivity index (χ3n) is 3.83. The molecule has 1 heterocycles. The second kappa shape index (κ2) is 8.62. The Kier molecular flexibility index (Phi) is 6.21. The number of ether oxygens (including phenoxy) is 1. The van der Waals surface area contributed by atoms with Crippen molar-refractivity contribution in [2.75, 3.05) is 0 Å². The Bertz CT molecular complexity index is 954. The van der Waals surface area contributed by atoms with Gasteiger partial charge in [0.05, 0.1) is 5.02 Å². The normalized spacial score (nSPS) is 15.9. The number of halogens is 2. The first-order chi connectivity index (χ1) is 13.3. The lowest BCUT2D eigenvalue weighted by Gasteiger charge is -2.20. The minimum absolute atomic E-state index is 0.0410.